The van der Waals surface area contributed by atoms with Crippen molar-refractivity contribution >= 4 is 11.8 Å². The minimum atomic E-state index is -0.170. The Balaban J connectivity index is 1.85. The van der Waals surface area contributed by atoms with Crippen LogP contribution in [0.15, 0.2) is 23.8 Å². The van der Waals surface area contributed by atoms with Crippen molar-refractivity contribution in [3.8, 4) is 0 Å². The number of amides is 2. The SMILES string of the molecule is O=C1C=CC(=O)N1CCC1=CCCCC1. The minimum Gasteiger partial charge on any atom is -0.275 e. The van der Waals surface area contributed by atoms with Gasteiger partial charge in [0.2, 0.25) is 0 Å². The molecule has 2 aliphatic rings. The molecule has 0 saturated carbocycles. The maximum absolute atomic E-state index is 11.3. The Hall–Kier alpha value is -1.38. The maximum atomic E-state index is 11.3. The maximum Gasteiger partial charge on any atom is 0.253 e. The Morgan fingerprint density at radius 2 is 1.87 bits per heavy atom. The van der Waals surface area contributed by atoms with Crippen LogP contribution in [0.2, 0.25) is 0 Å². The van der Waals surface area contributed by atoms with Crippen LogP contribution in [0.3, 0.4) is 0 Å². The average molecular weight is 205 g/mol. The van der Waals surface area contributed by atoms with E-state index in [9.17, 15) is 9.59 Å². The molecule has 0 unspecified atom stereocenters. The fourth-order valence-electron chi connectivity index (χ4n) is 2.04. The van der Waals surface area contributed by atoms with Gasteiger partial charge in [-0.05, 0) is 32.1 Å². The molecule has 1 aliphatic heterocycles. The van der Waals surface area contributed by atoms with Crippen LogP contribution in [0.4, 0.5) is 0 Å². The van der Waals surface area contributed by atoms with Gasteiger partial charge >= 0.3 is 0 Å². The predicted octanol–water partition coefficient (Wildman–Crippen LogP) is 1.80. The Morgan fingerprint density at radius 3 is 2.47 bits per heavy atom. The predicted molar refractivity (Wildman–Crippen MR) is 57.0 cm³/mol. The molecule has 80 valence electrons. The largest absolute Gasteiger partial charge is 0.275 e. The van der Waals surface area contributed by atoms with Gasteiger partial charge in [-0.2, -0.15) is 0 Å². The molecule has 0 radical (unpaired) electrons. The first kappa shape index (κ1) is 10.1. The van der Waals surface area contributed by atoms with Crippen molar-refractivity contribution in [1.82, 2.24) is 4.90 Å². The Kier molecular flexibility index (Phi) is 2.99. The molecule has 0 atom stereocenters. The topological polar surface area (TPSA) is 37.4 Å². The van der Waals surface area contributed by atoms with E-state index in [0.29, 0.717) is 6.54 Å². The lowest BCUT2D eigenvalue weighted by Gasteiger charge is -2.17. The Labute approximate surface area is 89.4 Å². The van der Waals surface area contributed by atoms with E-state index in [0.717, 1.165) is 19.3 Å². The van der Waals surface area contributed by atoms with Crippen LogP contribution < -0.4 is 0 Å². The highest BCUT2D eigenvalue weighted by molar-refractivity contribution is 6.12. The van der Waals surface area contributed by atoms with E-state index in [1.165, 1.54) is 35.5 Å². The quantitative estimate of drug-likeness (QED) is 0.520. The Bertz CT molecular complexity index is 324. The van der Waals surface area contributed by atoms with Gasteiger partial charge in [0.15, 0.2) is 0 Å². The fourth-order valence-corrected chi connectivity index (χ4v) is 2.04. The van der Waals surface area contributed by atoms with Gasteiger partial charge < -0.3 is 0 Å². The molecule has 2 rings (SSSR count). The summed E-state index contributed by atoms with van der Waals surface area (Å²) < 4.78 is 0. The molecule has 0 aromatic heterocycles. The third kappa shape index (κ3) is 2.35. The standard InChI is InChI=1S/C12H15NO2/c14-11-6-7-12(15)13(11)9-8-10-4-2-1-3-5-10/h4,6-7H,1-3,5,8-9H2. The van der Waals surface area contributed by atoms with Crippen LogP contribution in [0.5, 0.6) is 0 Å². The molecule has 0 fully saturated rings. The number of imide groups is 1. The molecule has 0 aromatic carbocycles. The molecule has 2 amide bonds. The van der Waals surface area contributed by atoms with Crippen LogP contribution in [0, 0.1) is 0 Å². The highest BCUT2D eigenvalue weighted by atomic mass is 16.2. The summed E-state index contributed by atoms with van der Waals surface area (Å²) in [4.78, 5) is 23.8. The minimum absolute atomic E-state index is 0.170. The van der Waals surface area contributed by atoms with E-state index in [4.69, 9.17) is 0 Å². The zero-order valence-electron chi connectivity index (χ0n) is 8.74. The molecular formula is C12H15NO2. The van der Waals surface area contributed by atoms with Crippen molar-refractivity contribution in [3.63, 3.8) is 0 Å². The summed E-state index contributed by atoms with van der Waals surface area (Å²) in [5.74, 6) is -0.340. The van der Waals surface area contributed by atoms with E-state index < -0.39 is 0 Å². The normalized spacial score (nSPS) is 21.1. The van der Waals surface area contributed by atoms with Gasteiger partial charge in [0.1, 0.15) is 0 Å². The molecule has 15 heavy (non-hydrogen) atoms. The molecule has 1 aliphatic carbocycles. The molecule has 0 saturated heterocycles. The lowest BCUT2D eigenvalue weighted by Crippen LogP contribution is -2.31. The first-order chi connectivity index (χ1) is 7.27. The lowest BCUT2D eigenvalue weighted by atomic mass is 9.97. The number of hydrogen-bond donors (Lipinski definition) is 0. The number of carbonyl (C=O) groups is 2. The summed E-state index contributed by atoms with van der Waals surface area (Å²) in [6.45, 7) is 0.538. The number of allylic oxidation sites excluding steroid dienone is 1. The summed E-state index contributed by atoms with van der Waals surface area (Å²) in [6.07, 6.45) is 10.6. The van der Waals surface area contributed by atoms with E-state index in [1.54, 1.807) is 0 Å². The second-order valence-electron chi connectivity index (χ2n) is 4.02. The molecule has 3 nitrogen and oxygen atoms in total. The lowest BCUT2D eigenvalue weighted by molar-refractivity contribution is -0.136. The number of hydrogen-bond acceptors (Lipinski definition) is 2. The molecule has 3 heteroatoms. The highest BCUT2D eigenvalue weighted by Crippen LogP contribution is 2.20. The van der Waals surface area contributed by atoms with Crippen molar-refractivity contribution in [2.24, 2.45) is 0 Å². The van der Waals surface area contributed by atoms with Gasteiger partial charge in [0, 0.05) is 18.7 Å². The van der Waals surface area contributed by atoms with Gasteiger partial charge in [0.05, 0.1) is 0 Å². The summed E-state index contributed by atoms with van der Waals surface area (Å²) >= 11 is 0. The number of carbonyl (C=O) groups excluding carboxylic acids is 2. The van der Waals surface area contributed by atoms with Gasteiger partial charge in [0.25, 0.3) is 11.8 Å². The molecule has 0 N–H and O–H groups in total. The van der Waals surface area contributed by atoms with Crippen LogP contribution in [0.1, 0.15) is 32.1 Å². The van der Waals surface area contributed by atoms with Crippen molar-refractivity contribution in [1.29, 1.82) is 0 Å². The molecule has 0 bridgehead atoms. The van der Waals surface area contributed by atoms with Crippen molar-refractivity contribution in [3.05, 3.63) is 23.8 Å². The second-order valence-corrected chi connectivity index (χ2v) is 4.02. The Morgan fingerprint density at radius 1 is 1.13 bits per heavy atom. The van der Waals surface area contributed by atoms with Gasteiger partial charge in [-0.3, -0.25) is 14.5 Å². The van der Waals surface area contributed by atoms with Gasteiger partial charge in [-0.25, -0.2) is 0 Å². The molecule has 1 heterocycles. The summed E-state index contributed by atoms with van der Waals surface area (Å²) in [7, 11) is 0. The van der Waals surface area contributed by atoms with E-state index in [1.807, 2.05) is 0 Å². The van der Waals surface area contributed by atoms with Crippen LogP contribution >= 0.6 is 0 Å². The highest BCUT2D eigenvalue weighted by Gasteiger charge is 2.22. The van der Waals surface area contributed by atoms with Crippen LogP contribution in [-0.4, -0.2) is 23.3 Å². The van der Waals surface area contributed by atoms with E-state index in [-0.39, 0.29) is 11.8 Å². The number of rotatable bonds is 3. The van der Waals surface area contributed by atoms with Gasteiger partial charge in [-0.15, -0.1) is 0 Å². The number of nitrogens with zero attached hydrogens (tertiary/aromatic N) is 1. The van der Waals surface area contributed by atoms with E-state index in [2.05, 4.69) is 6.08 Å². The smallest absolute Gasteiger partial charge is 0.253 e. The third-order valence-corrected chi connectivity index (χ3v) is 2.94. The average Bonchev–Trinajstić information content (AvgIpc) is 2.58. The molecule has 0 spiro atoms. The zero-order chi connectivity index (χ0) is 10.7. The molecule has 0 aromatic rings. The van der Waals surface area contributed by atoms with Gasteiger partial charge in [-0.1, -0.05) is 11.6 Å². The second kappa shape index (κ2) is 4.43. The monoisotopic (exact) mass is 205 g/mol. The van der Waals surface area contributed by atoms with Crippen LogP contribution in [0.25, 0.3) is 0 Å². The van der Waals surface area contributed by atoms with Crippen molar-refractivity contribution in [2.75, 3.05) is 6.54 Å². The zero-order valence-corrected chi connectivity index (χ0v) is 8.74. The summed E-state index contributed by atoms with van der Waals surface area (Å²) in [5, 5.41) is 0. The summed E-state index contributed by atoms with van der Waals surface area (Å²) in [5.41, 5.74) is 1.40. The fraction of sp³-hybridized carbons (Fsp3) is 0.500. The first-order valence-corrected chi connectivity index (χ1v) is 5.49. The van der Waals surface area contributed by atoms with Crippen molar-refractivity contribution in [2.45, 2.75) is 32.1 Å². The third-order valence-electron chi connectivity index (χ3n) is 2.94. The first-order valence-electron chi connectivity index (χ1n) is 5.49. The summed E-state index contributed by atoms with van der Waals surface area (Å²) in [6, 6.07) is 0. The molecular weight excluding hydrogens is 190 g/mol. The van der Waals surface area contributed by atoms with E-state index >= 15 is 0 Å². The van der Waals surface area contributed by atoms with Crippen LogP contribution in [-0.2, 0) is 9.59 Å². The van der Waals surface area contributed by atoms with Crippen molar-refractivity contribution < 1.29 is 9.59 Å².